The lowest BCUT2D eigenvalue weighted by Gasteiger charge is -2.11. The van der Waals surface area contributed by atoms with Crippen LogP contribution in [0.15, 0.2) is 53.8 Å². The molecule has 4 heteroatoms. The van der Waals surface area contributed by atoms with Crippen LogP contribution >= 0.6 is 0 Å². The molecule has 1 aromatic heterocycles. The molecule has 0 aliphatic carbocycles. The Morgan fingerprint density at radius 1 is 1.11 bits per heavy atom. The van der Waals surface area contributed by atoms with E-state index in [1.54, 1.807) is 12.4 Å². The normalized spacial score (nSPS) is 11.7. The summed E-state index contributed by atoms with van der Waals surface area (Å²) in [6.45, 7) is 6.22. The summed E-state index contributed by atoms with van der Waals surface area (Å²) in [4.78, 5) is 8.68. The highest BCUT2D eigenvalue weighted by Crippen LogP contribution is 2.28. The molecular weight excluding hydrogens is 252 g/mol. The van der Waals surface area contributed by atoms with Crippen LogP contribution in [0.3, 0.4) is 0 Å². The minimum Gasteiger partial charge on any atom is -0.541 e. The van der Waals surface area contributed by atoms with Crippen LogP contribution < -0.4 is 4.43 Å². The van der Waals surface area contributed by atoms with Gasteiger partial charge in [-0.25, -0.2) is 4.99 Å². The molecule has 0 amide bonds. The van der Waals surface area contributed by atoms with Gasteiger partial charge in [0.1, 0.15) is 11.4 Å². The van der Waals surface area contributed by atoms with Gasteiger partial charge in [-0.15, -0.1) is 0 Å². The van der Waals surface area contributed by atoms with Crippen LogP contribution in [0.5, 0.6) is 5.75 Å². The Labute approximate surface area is 115 Å². The van der Waals surface area contributed by atoms with Gasteiger partial charge in [-0.3, -0.25) is 4.98 Å². The Morgan fingerprint density at radius 2 is 1.79 bits per heavy atom. The predicted molar refractivity (Wildman–Crippen MR) is 80.7 cm³/mol. The van der Waals surface area contributed by atoms with Crippen molar-refractivity contribution in [2.24, 2.45) is 4.99 Å². The maximum Gasteiger partial charge on any atom is 0.274 e. The Morgan fingerprint density at radius 3 is 2.47 bits per heavy atom. The zero-order chi connectivity index (χ0) is 13.7. The van der Waals surface area contributed by atoms with Crippen LogP contribution in [0.2, 0.25) is 13.1 Å². The summed E-state index contributed by atoms with van der Waals surface area (Å²) in [5.41, 5.74) is 2.91. The van der Waals surface area contributed by atoms with Crippen molar-refractivity contribution in [2.45, 2.75) is 20.0 Å². The van der Waals surface area contributed by atoms with E-state index in [1.807, 2.05) is 43.3 Å². The molecule has 1 heterocycles. The van der Waals surface area contributed by atoms with E-state index in [0.29, 0.717) is 0 Å². The number of benzene rings is 1. The standard InChI is InChI=1S/C15H17N2OSi/c1-12(13-8-10-16-11-9-13)17-14-6-4-5-7-15(14)18-19(2)3/h4-11H,1-3H3. The molecule has 2 aromatic rings. The number of nitrogens with zero attached hydrogens (tertiary/aromatic N) is 2. The number of aromatic nitrogens is 1. The molecule has 19 heavy (non-hydrogen) atoms. The van der Waals surface area contributed by atoms with Gasteiger partial charge in [-0.05, 0) is 49.8 Å². The van der Waals surface area contributed by atoms with Crippen molar-refractivity contribution in [3.8, 4) is 5.75 Å². The molecule has 0 fully saturated rings. The lowest BCUT2D eigenvalue weighted by atomic mass is 10.2. The summed E-state index contributed by atoms with van der Waals surface area (Å²) < 4.78 is 5.86. The molecule has 3 nitrogen and oxygen atoms in total. The van der Waals surface area contributed by atoms with Gasteiger partial charge < -0.3 is 4.43 Å². The maximum atomic E-state index is 5.86. The SMILES string of the molecule is CC(=Nc1ccccc1O[Si](C)C)c1ccncc1. The van der Waals surface area contributed by atoms with Crippen molar-refractivity contribution in [3.05, 3.63) is 54.4 Å². The third kappa shape index (κ3) is 3.76. The minimum absolute atomic E-state index is 0.788. The van der Waals surface area contributed by atoms with Gasteiger partial charge >= 0.3 is 0 Å². The molecular formula is C15H17N2OSi. The first-order chi connectivity index (χ1) is 9.16. The minimum atomic E-state index is -0.788. The van der Waals surface area contributed by atoms with Gasteiger partial charge in [0.25, 0.3) is 9.04 Å². The van der Waals surface area contributed by atoms with E-state index in [9.17, 15) is 0 Å². The first-order valence-corrected chi connectivity index (χ1v) is 8.60. The van der Waals surface area contributed by atoms with Crippen LogP contribution in [0.4, 0.5) is 5.69 Å². The largest absolute Gasteiger partial charge is 0.541 e. The van der Waals surface area contributed by atoms with Gasteiger partial charge in [0.15, 0.2) is 0 Å². The van der Waals surface area contributed by atoms with Gasteiger partial charge in [0.05, 0.1) is 0 Å². The van der Waals surface area contributed by atoms with E-state index >= 15 is 0 Å². The Hall–Kier alpha value is -1.94. The topological polar surface area (TPSA) is 34.5 Å². The average molecular weight is 269 g/mol. The lowest BCUT2D eigenvalue weighted by molar-refractivity contribution is 0.582. The molecule has 0 aliphatic rings. The van der Waals surface area contributed by atoms with Crippen molar-refractivity contribution in [2.75, 3.05) is 0 Å². The van der Waals surface area contributed by atoms with Crippen LogP contribution in [0.25, 0.3) is 0 Å². The molecule has 1 radical (unpaired) electrons. The second-order valence-electron chi connectivity index (χ2n) is 4.41. The molecule has 97 valence electrons. The fourth-order valence-corrected chi connectivity index (χ4v) is 2.31. The highest BCUT2D eigenvalue weighted by molar-refractivity contribution is 6.49. The van der Waals surface area contributed by atoms with E-state index in [2.05, 4.69) is 23.1 Å². The lowest BCUT2D eigenvalue weighted by Crippen LogP contribution is -2.11. The highest BCUT2D eigenvalue weighted by Gasteiger charge is 2.06. The van der Waals surface area contributed by atoms with Crippen molar-refractivity contribution >= 4 is 20.4 Å². The molecule has 0 N–H and O–H groups in total. The second-order valence-corrected chi connectivity index (χ2v) is 6.43. The quantitative estimate of drug-likeness (QED) is 0.624. The van der Waals surface area contributed by atoms with Crippen molar-refractivity contribution in [1.29, 1.82) is 0 Å². The molecule has 0 unspecified atom stereocenters. The predicted octanol–water partition coefficient (Wildman–Crippen LogP) is 3.85. The van der Waals surface area contributed by atoms with Gasteiger partial charge in [0.2, 0.25) is 0 Å². The van der Waals surface area contributed by atoms with Crippen LogP contribution in [0, 0.1) is 0 Å². The maximum absolute atomic E-state index is 5.86. The number of pyridine rings is 1. The monoisotopic (exact) mass is 269 g/mol. The molecule has 0 saturated heterocycles. The van der Waals surface area contributed by atoms with E-state index in [-0.39, 0.29) is 0 Å². The summed E-state index contributed by atoms with van der Waals surface area (Å²) >= 11 is 0. The summed E-state index contributed by atoms with van der Waals surface area (Å²) in [7, 11) is -0.788. The number of hydrogen-bond acceptors (Lipinski definition) is 3. The zero-order valence-corrected chi connectivity index (χ0v) is 12.4. The van der Waals surface area contributed by atoms with Crippen molar-refractivity contribution in [3.63, 3.8) is 0 Å². The van der Waals surface area contributed by atoms with Gasteiger partial charge in [0, 0.05) is 18.1 Å². The summed E-state index contributed by atoms with van der Waals surface area (Å²) in [5.74, 6) is 0.856. The van der Waals surface area contributed by atoms with Crippen molar-refractivity contribution < 1.29 is 4.43 Å². The molecule has 0 aliphatic heterocycles. The number of hydrogen-bond donors (Lipinski definition) is 0. The third-order valence-electron chi connectivity index (χ3n) is 2.57. The fourth-order valence-electron chi connectivity index (χ4n) is 1.69. The number of para-hydroxylation sites is 2. The average Bonchev–Trinajstić information content (AvgIpc) is 2.41. The Kier molecular flexibility index (Phi) is 4.47. The van der Waals surface area contributed by atoms with E-state index < -0.39 is 9.04 Å². The Bertz CT molecular complexity index is 567. The van der Waals surface area contributed by atoms with E-state index in [0.717, 1.165) is 22.7 Å². The smallest absolute Gasteiger partial charge is 0.274 e. The van der Waals surface area contributed by atoms with Crippen LogP contribution in [-0.4, -0.2) is 19.7 Å². The number of rotatable bonds is 4. The first-order valence-electron chi connectivity index (χ1n) is 6.19. The van der Waals surface area contributed by atoms with Gasteiger partial charge in [-0.2, -0.15) is 0 Å². The van der Waals surface area contributed by atoms with Gasteiger partial charge in [-0.1, -0.05) is 12.1 Å². The third-order valence-corrected chi connectivity index (χ3v) is 3.19. The molecule has 2 rings (SSSR count). The van der Waals surface area contributed by atoms with Crippen LogP contribution in [-0.2, 0) is 0 Å². The van der Waals surface area contributed by atoms with Crippen molar-refractivity contribution in [1.82, 2.24) is 4.98 Å². The summed E-state index contributed by atoms with van der Waals surface area (Å²) in [6, 6.07) is 11.8. The summed E-state index contributed by atoms with van der Waals surface area (Å²) in [5, 5.41) is 0. The molecule has 0 saturated carbocycles. The van der Waals surface area contributed by atoms with E-state index in [1.165, 1.54) is 0 Å². The molecule has 0 bridgehead atoms. The van der Waals surface area contributed by atoms with Crippen LogP contribution in [0.1, 0.15) is 12.5 Å². The van der Waals surface area contributed by atoms with E-state index in [4.69, 9.17) is 4.43 Å². The first kappa shape index (κ1) is 13.5. The number of aliphatic imine (C=N–C) groups is 1. The molecule has 1 aromatic carbocycles. The molecule has 0 atom stereocenters. The zero-order valence-electron chi connectivity index (χ0n) is 11.4. The molecule has 0 spiro atoms. The second kappa shape index (κ2) is 6.29. The summed E-state index contributed by atoms with van der Waals surface area (Å²) in [6.07, 6.45) is 3.55. The fraction of sp³-hybridized carbons (Fsp3) is 0.200. The Balaban J connectivity index is 2.32. The highest BCUT2D eigenvalue weighted by atomic mass is 28.3.